The molecule has 2 aromatic carbocycles. The summed E-state index contributed by atoms with van der Waals surface area (Å²) in [5, 5.41) is 14.6. The van der Waals surface area contributed by atoms with Gasteiger partial charge in [0.25, 0.3) is 0 Å². The van der Waals surface area contributed by atoms with Crippen LogP contribution in [0.2, 0.25) is 0 Å². The van der Waals surface area contributed by atoms with Crippen molar-refractivity contribution < 1.29 is 9.50 Å². The van der Waals surface area contributed by atoms with Gasteiger partial charge < -0.3 is 5.11 Å². The van der Waals surface area contributed by atoms with Gasteiger partial charge in [-0.25, -0.2) is 9.07 Å². The first-order chi connectivity index (χ1) is 11.1. The summed E-state index contributed by atoms with van der Waals surface area (Å²) in [6, 6.07) is 16.0. The van der Waals surface area contributed by atoms with Crippen LogP contribution in [-0.4, -0.2) is 14.9 Å². The van der Waals surface area contributed by atoms with E-state index in [1.807, 2.05) is 35.0 Å². The second kappa shape index (κ2) is 6.34. The van der Waals surface area contributed by atoms with Crippen LogP contribution < -0.4 is 0 Å². The van der Waals surface area contributed by atoms with Gasteiger partial charge in [-0.2, -0.15) is 5.10 Å². The largest absolute Gasteiger partial charge is 0.392 e. The Labute approximate surface area is 135 Å². The molecule has 0 radical (unpaired) electrons. The highest BCUT2D eigenvalue weighted by atomic mass is 19.1. The zero-order valence-electron chi connectivity index (χ0n) is 13.2. The van der Waals surface area contributed by atoms with E-state index in [9.17, 15) is 9.50 Å². The smallest absolute Gasteiger partial charge is 0.123 e. The Kier molecular flexibility index (Phi) is 4.26. The first-order valence-electron chi connectivity index (χ1n) is 7.66. The van der Waals surface area contributed by atoms with E-state index in [4.69, 9.17) is 5.10 Å². The maximum absolute atomic E-state index is 13.2. The molecule has 0 aliphatic carbocycles. The standard InChI is InChI=1S/C19H19FN2O/c1-13(2)19-17(12-23)18(14-8-10-15(20)11-9-14)21-22(19)16-6-4-3-5-7-16/h3-11,13,23H,12H2,1-2H3. The van der Waals surface area contributed by atoms with Gasteiger partial charge >= 0.3 is 0 Å². The number of aliphatic hydroxyl groups excluding tert-OH is 1. The van der Waals surface area contributed by atoms with Crippen LogP contribution in [0.15, 0.2) is 54.6 Å². The van der Waals surface area contributed by atoms with Crippen molar-refractivity contribution in [2.24, 2.45) is 0 Å². The summed E-state index contributed by atoms with van der Waals surface area (Å²) in [6.07, 6.45) is 0. The van der Waals surface area contributed by atoms with E-state index < -0.39 is 0 Å². The van der Waals surface area contributed by atoms with Gasteiger partial charge in [-0.05, 0) is 42.3 Å². The molecule has 4 heteroatoms. The summed E-state index contributed by atoms with van der Waals surface area (Å²) in [7, 11) is 0. The molecule has 0 amide bonds. The third kappa shape index (κ3) is 2.90. The number of para-hydroxylation sites is 1. The van der Waals surface area contributed by atoms with E-state index in [1.54, 1.807) is 12.1 Å². The number of hydrogen-bond acceptors (Lipinski definition) is 2. The quantitative estimate of drug-likeness (QED) is 0.780. The van der Waals surface area contributed by atoms with Crippen molar-refractivity contribution in [3.8, 4) is 16.9 Å². The topological polar surface area (TPSA) is 38.1 Å². The van der Waals surface area contributed by atoms with Crippen molar-refractivity contribution >= 4 is 0 Å². The van der Waals surface area contributed by atoms with Crippen LogP contribution in [0.1, 0.15) is 31.0 Å². The molecule has 118 valence electrons. The maximum atomic E-state index is 13.2. The van der Waals surface area contributed by atoms with Gasteiger partial charge in [0.05, 0.1) is 23.7 Å². The van der Waals surface area contributed by atoms with Gasteiger partial charge in [0, 0.05) is 11.1 Å². The Morgan fingerprint density at radius 1 is 1.04 bits per heavy atom. The number of hydrogen-bond donors (Lipinski definition) is 1. The third-order valence-electron chi connectivity index (χ3n) is 3.85. The van der Waals surface area contributed by atoms with Crippen molar-refractivity contribution in [3.05, 3.63) is 71.7 Å². The molecule has 0 unspecified atom stereocenters. The Morgan fingerprint density at radius 3 is 2.26 bits per heavy atom. The molecule has 23 heavy (non-hydrogen) atoms. The molecule has 3 rings (SSSR count). The van der Waals surface area contributed by atoms with Crippen LogP contribution >= 0.6 is 0 Å². The average Bonchev–Trinajstić information content (AvgIpc) is 2.96. The van der Waals surface area contributed by atoms with E-state index in [0.717, 1.165) is 22.5 Å². The van der Waals surface area contributed by atoms with Crippen molar-refractivity contribution in [2.75, 3.05) is 0 Å². The molecule has 0 saturated heterocycles. The molecule has 0 aliphatic heterocycles. The van der Waals surface area contributed by atoms with Gasteiger partial charge in [0.15, 0.2) is 0 Å². The summed E-state index contributed by atoms with van der Waals surface area (Å²) >= 11 is 0. The first kappa shape index (κ1) is 15.4. The summed E-state index contributed by atoms with van der Waals surface area (Å²) in [6.45, 7) is 4.04. The van der Waals surface area contributed by atoms with Crippen LogP contribution in [0, 0.1) is 5.82 Å². The third-order valence-corrected chi connectivity index (χ3v) is 3.85. The lowest BCUT2D eigenvalue weighted by Gasteiger charge is -2.11. The van der Waals surface area contributed by atoms with Crippen LogP contribution in [-0.2, 0) is 6.61 Å². The Hall–Kier alpha value is -2.46. The number of nitrogens with zero attached hydrogens (tertiary/aromatic N) is 2. The summed E-state index contributed by atoms with van der Waals surface area (Å²) in [5.74, 6) is -0.0927. The van der Waals surface area contributed by atoms with E-state index in [-0.39, 0.29) is 18.3 Å². The number of aromatic nitrogens is 2. The highest BCUT2D eigenvalue weighted by Crippen LogP contribution is 2.32. The Morgan fingerprint density at radius 2 is 1.70 bits per heavy atom. The molecule has 1 N–H and O–H groups in total. The van der Waals surface area contributed by atoms with E-state index in [2.05, 4.69) is 13.8 Å². The van der Waals surface area contributed by atoms with Crippen molar-refractivity contribution in [2.45, 2.75) is 26.4 Å². The van der Waals surface area contributed by atoms with E-state index in [1.165, 1.54) is 12.1 Å². The second-order valence-electron chi connectivity index (χ2n) is 5.78. The minimum absolute atomic E-state index is 0.104. The molecule has 0 bridgehead atoms. The predicted molar refractivity (Wildman–Crippen MR) is 89.0 cm³/mol. The number of halogens is 1. The minimum Gasteiger partial charge on any atom is -0.392 e. The van der Waals surface area contributed by atoms with Gasteiger partial charge in [0.2, 0.25) is 0 Å². The molecular weight excluding hydrogens is 291 g/mol. The molecule has 0 spiro atoms. The first-order valence-corrected chi connectivity index (χ1v) is 7.66. The fraction of sp³-hybridized carbons (Fsp3) is 0.211. The number of rotatable bonds is 4. The lowest BCUT2D eigenvalue weighted by atomic mass is 10.0. The highest BCUT2D eigenvalue weighted by molar-refractivity contribution is 5.65. The van der Waals surface area contributed by atoms with Gasteiger partial charge in [-0.1, -0.05) is 32.0 Å². The molecule has 1 aromatic heterocycles. The number of aliphatic hydroxyl groups is 1. The maximum Gasteiger partial charge on any atom is 0.123 e. The average molecular weight is 310 g/mol. The van der Waals surface area contributed by atoms with Gasteiger partial charge in [-0.3, -0.25) is 0 Å². The van der Waals surface area contributed by atoms with Gasteiger partial charge in [-0.15, -0.1) is 0 Å². The molecule has 3 aromatic rings. The lowest BCUT2D eigenvalue weighted by molar-refractivity contribution is 0.280. The minimum atomic E-state index is -0.286. The fourth-order valence-corrected chi connectivity index (χ4v) is 2.82. The molecule has 0 fully saturated rings. The normalized spacial score (nSPS) is 11.2. The SMILES string of the molecule is CC(C)c1c(CO)c(-c2ccc(F)cc2)nn1-c1ccccc1. The molecule has 0 atom stereocenters. The predicted octanol–water partition coefficient (Wildman–Crippen LogP) is 4.29. The van der Waals surface area contributed by atoms with E-state index >= 15 is 0 Å². The molecule has 1 heterocycles. The molecular formula is C19H19FN2O. The number of benzene rings is 2. The Bertz CT molecular complexity index is 792. The molecule has 3 nitrogen and oxygen atoms in total. The zero-order valence-corrected chi connectivity index (χ0v) is 13.2. The van der Waals surface area contributed by atoms with Crippen LogP contribution in [0.25, 0.3) is 16.9 Å². The summed E-state index contributed by atoms with van der Waals surface area (Å²) in [5.41, 5.74) is 4.19. The van der Waals surface area contributed by atoms with Crippen LogP contribution in [0.4, 0.5) is 4.39 Å². The summed E-state index contributed by atoms with van der Waals surface area (Å²) in [4.78, 5) is 0. The van der Waals surface area contributed by atoms with Crippen molar-refractivity contribution in [1.82, 2.24) is 9.78 Å². The second-order valence-corrected chi connectivity index (χ2v) is 5.78. The molecule has 0 saturated carbocycles. The Balaban J connectivity index is 2.23. The molecule has 0 aliphatic rings. The van der Waals surface area contributed by atoms with Crippen LogP contribution in [0.3, 0.4) is 0 Å². The van der Waals surface area contributed by atoms with Crippen molar-refractivity contribution in [3.63, 3.8) is 0 Å². The van der Waals surface area contributed by atoms with Crippen LogP contribution in [0.5, 0.6) is 0 Å². The monoisotopic (exact) mass is 310 g/mol. The summed E-state index contributed by atoms with van der Waals surface area (Å²) < 4.78 is 15.1. The zero-order chi connectivity index (χ0) is 16.4. The van der Waals surface area contributed by atoms with Crippen molar-refractivity contribution in [1.29, 1.82) is 0 Å². The highest BCUT2D eigenvalue weighted by Gasteiger charge is 2.21. The van der Waals surface area contributed by atoms with E-state index in [0.29, 0.717) is 5.69 Å². The lowest BCUT2D eigenvalue weighted by Crippen LogP contribution is -2.05. The van der Waals surface area contributed by atoms with Gasteiger partial charge in [0.1, 0.15) is 5.82 Å². The fourth-order valence-electron chi connectivity index (χ4n) is 2.82.